The van der Waals surface area contributed by atoms with E-state index in [-0.39, 0.29) is 16.6 Å². The average molecular weight is 688 g/mol. The molecule has 3 aromatic carbocycles. The van der Waals surface area contributed by atoms with Crippen LogP contribution in [0.15, 0.2) is 71.5 Å². The first-order valence-corrected chi connectivity index (χ1v) is 14.1. The Labute approximate surface area is 271 Å². The molecule has 0 saturated carbocycles. The Balaban J connectivity index is 1.86. The summed E-state index contributed by atoms with van der Waals surface area (Å²) < 4.78 is 89.7. The number of carbonyl (C=O) groups excluding carboxylic acids is 2. The molecule has 0 saturated heterocycles. The van der Waals surface area contributed by atoms with E-state index in [2.05, 4.69) is 20.6 Å². The van der Waals surface area contributed by atoms with E-state index in [1.807, 2.05) is 0 Å². The third-order valence-corrected chi connectivity index (χ3v) is 7.06. The van der Waals surface area contributed by atoms with Gasteiger partial charge in [0.2, 0.25) is 5.95 Å². The number of benzene rings is 3. The molecule has 49 heavy (non-hydrogen) atoms. The van der Waals surface area contributed by atoms with E-state index < -0.39 is 100 Å². The zero-order valence-corrected chi connectivity index (χ0v) is 25.0. The second-order valence-corrected chi connectivity index (χ2v) is 10.4. The molecule has 1 amide bonds. The van der Waals surface area contributed by atoms with Crippen molar-refractivity contribution in [1.29, 1.82) is 0 Å². The van der Waals surface area contributed by atoms with E-state index in [0.717, 1.165) is 48.5 Å². The molecule has 4 N–H and O–H groups in total. The molecule has 2 heterocycles. The first-order valence-electron chi connectivity index (χ1n) is 14.1. The van der Waals surface area contributed by atoms with Crippen LogP contribution in [0.25, 0.3) is 28.0 Å². The van der Waals surface area contributed by atoms with Gasteiger partial charge in [-0.05, 0) is 61.0 Å². The van der Waals surface area contributed by atoms with Crippen molar-refractivity contribution in [3.63, 3.8) is 0 Å². The van der Waals surface area contributed by atoms with Gasteiger partial charge in [0.1, 0.15) is 23.1 Å². The number of aliphatic hydroxyl groups is 2. The number of aliphatic hydroxyl groups excluding tert-OH is 2. The van der Waals surface area contributed by atoms with Gasteiger partial charge in [-0.2, -0.15) is 18.2 Å². The Morgan fingerprint density at radius 1 is 0.918 bits per heavy atom. The van der Waals surface area contributed by atoms with E-state index in [4.69, 9.17) is 4.74 Å². The van der Waals surface area contributed by atoms with Crippen molar-refractivity contribution in [2.75, 3.05) is 23.8 Å². The number of alkyl halides is 3. The van der Waals surface area contributed by atoms with Crippen LogP contribution in [0.1, 0.15) is 15.9 Å². The van der Waals surface area contributed by atoms with Gasteiger partial charge < -0.3 is 25.6 Å². The van der Waals surface area contributed by atoms with Crippen LogP contribution in [-0.2, 0) is 4.79 Å². The molecule has 0 aliphatic rings. The number of aryl methyl sites for hydroxylation is 1. The van der Waals surface area contributed by atoms with E-state index in [0.29, 0.717) is 4.57 Å². The predicted molar refractivity (Wildman–Crippen MR) is 163 cm³/mol. The predicted octanol–water partition coefficient (Wildman–Crippen LogP) is 4.66. The highest BCUT2D eigenvalue weighted by atomic mass is 19.4. The van der Waals surface area contributed by atoms with Crippen LogP contribution in [0.4, 0.5) is 38.0 Å². The Kier molecular flexibility index (Phi) is 9.68. The van der Waals surface area contributed by atoms with Gasteiger partial charge >= 0.3 is 12.1 Å². The Bertz CT molecular complexity index is 2120. The minimum atomic E-state index is -5.55. The molecule has 11 nitrogen and oxygen atoms in total. The van der Waals surface area contributed by atoms with Crippen LogP contribution >= 0.6 is 0 Å². The number of amides is 1. The Morgan fingerprint density at radius 3 is 2.18 bits per heavy atom. The minimum absolute atomic E-state index is 0.0237. The number of pyridine rings is 1. The summed E-state index contributed by atoms with van der Waals surface area (Å²) >= 11 is 0. The Morgan fingerprint density at radius 2 is 1.57 bits per heavy atom. The largest absolute Gasteiger partial charge is 0.491 e. The van der Waals surface area contributed by atoms with E-state index in [1.54, 1.807) is 0 Å². The molecule has 0 spiro atoms. The molecule has 17 heteroatoms. The van der Waals surface area contributed by atoms with Crippen LogP contribution in [0, 0.1) is 24.4 Å². The van der Waals surface area contributed by atoms with Crippen molar-refractivity contribution in [1.82, 2.24) is 14.5 Å². The molecule has 0 unspecified atom stereocenters. The molecule has 0 bridgehead atoms. The topological polar surface area (TPSA) is 156 Å². The van der Waals surface area contributed by atoms with Gasteiger partial charge in [0, 0.05) is 22.7 Å². The lowest BCUT2D eigenvalue weighted by Gasteiger charge is -2.21. The first-order chi connectivity index (χ1) is 23.2. The molecule has 0 atom stereocenters. The van der Waals surface area contributed by atoms with Gasteiger partial charge in [0.05, 0.1) is 30.5 Å². The SMILES string of the molecule is Cc1ccc(C(=O)Nc2ccc(F)cc2)c(OC(=O)C(F)(F)F)c1-c1nc(NC(CO)CO)nc2c1ccc(=O)n2-c1c(F)cccc1F. The molecule has 5 aromatic rings. The summed E-state index contributed by atoms with van der Waals surface area (Å²) in [4.78, 5) is 47.4. The molecular weight excluding hydrogens is 664 g/mol. The minimum Gasteiger partial charge on any atom is -0.418 e. The maximum atomic E-state index is 15.1. The molecule has 5 rings (SSSR count). The van der Waals surface area contributed by atoms with Crippen LogP contribution in [0.5, 0.6) is 5.75 Å². The maximum absolute atomic E-state index is 15.1. The van der Waals surface area contributed by atoms with Crippen molar-refractivity contribution >= 4 is 34.5 Å². The number of hydrogen-bond donors (Lipinski definition) is 4. The first kappa shape index (κ1) is 34.5. The fraction of sp³-hybridized carbons (Fsp3) is 0.156. The molecular formula is C32H23F6N5O6. The third-order valence-electron chi connectivity index (χ3n) is 7.06. The van der Waals surface area contributed by atoms with E-state index in [9.17, 15) is 42.2 Å². The summed E-state index contributed by atoms with van der Waals surface area (Å²) in [5.74, 6) is -8.30. The summed E-state index contributed by atoms with van der Waals surface area (Å²) in [6.45, 7) is -0.0215. The summed E-state index contributed by atoms with van der Waals surface area (Å²) in [6.07, 6.45) is -5.55. The van der Waals surface area contributed by atoms with Crippen LogP contribution in [0.2, 0.25) is 0 Å². The van der Waals surface area contributed by atoms with Crippen LogP contribution in [0.3, 0.4) is 0 Å². The highest BCUT2D eigenvalue weighted by Gasteiger charge is 2.43. The highest BCUT2D eigenvalue weighted by molar-refractivity contribution is 6.09. The standard InChI is InChI=1S/C32H23F6N5O6/c1-15-5-10-20(29(47)39-17-8-6-16(33)7-9-17)27(49-30(48)32(36,37)38)24(15)25-19-11-12-23(46)43(26-21(34)3-2-4-22(26)35)28(19)42-31(41-25)40-18(13-44)14-45/h2-12,18,44-45H,13-14H2,1H3,(H,39,47)(H,40,41,42). The molecule has 2 aromatic heterocycles. The van der Waals surface area contributed by atoms with Crippen molar-refractivity contribution in [3.05, 3.63) is 106 Å². The zero-order chi connectivity index (χ0) is 35.6. The number of halogens is 6. The smallest absolute Gasteiger partial charge is 0.418 e. The zero-order valence-electron chi connectivity index (χ0n) is 25.0. The quantitative estimate of drug-likeness (QED) is 0.0984. The number of nitrogens with one attached hydrogen (secondary N) is 2. The lowest BCUT2D eigenvalue weighted by molar-refractivity contribution is -0.189. The summed E-state index contributed by atoms with van der Waals surface area (Å²) in [7, 11) is 0. The summed E-state index contributed by atoms with van der Waals surface area (Å²) in [6, 6.07) is 10.3. The van der Waals surface area contributed by atoms with Crippen molar-refractivity contribution in [2.24, 2.45) is 0 Å². The number of aromatic nitrogens is 3. The monoisotopic (exact) mass is 687 g/mol. The summed E-state index contributed by atoms with van der Waals surface area (Å²) in [5, 5.41) is 24.1. The molecule has 254 valence electrons. The number of hydrogen-bond acceptors (Lipinski definition) is 9. The maximum Gasteiger partial charge on any atom is 0.491 e. The van der Waals surface area contributed by atoms with Gasteiger partial charge in [0.25, 0.3) is 11.5 Å². The van der Waals surface area contributed by atoms with Crippen LogP contribution in [-0.4, -0.2) is 62.1 Å². The number of ether oxygens (including phenoxy) is 1. The normalized spacial score (nSPS) is 11.6. The Hall–Kier alpha value is -5.81. The molecule has 0 aliphatic heterocycles. The lowest BCUT2D eigenvalue weighted by Crippen LogP contribution is -2.30. The second-order valence-electron chi connectivity index (χ2n) is 10.4. The summed E-state index contributed by atoms with van der Waals surface area (Å²) in [5.41, 5.74) is -3.73. The lowest BCUT2D eigenvalue weighted by atomic mass is 9.97. The third kappa shape index (κ3) is 7.07. The molecule has 0 fully saturated rings. The van der Waals surface area contributed by atoms with E-state index >= 15 is 8.78 Å². The van der Waals surface area contributed by atoms with Crippen molar-refractivity contribution in [3.8, 4) is 22.7 Å². The van der Waals surface area contributed by atoms with Gasteiger partial charge in [-0.25, -0.2) is 22.9 Å². The average Bonchev–Trinajstić information content (AvgIpc) is 3.05. The van der Waals surface area contributed by atoms with Crippen LogP contribution < -0.4 is 20.9 Å². The van der Waals surface area contributed by atoms with Crippen molar-refractivity contribution in [2.45, 2.75) is 19.1 Å². The number of rotatable bonds is 9. The van der Waals surface area contributed by atoms with Gasteiger partial charge in [-0.15, -0.1) is 0 Å². The van der Waals surface area contributed by atoms with E-state index in [1.165, 1.54) is 25.1 Å². The highest BCUT2D eigenvalue weighted by Crippen LogP contribution is 2.40. The van der Waals surface area contributed by atoms with Gasteiger partial charge in [0.15, 0.2) is 11.4 Å². The molecule has 0 aliphatic carbocycles. The fourth-order valence-corrected chi connectivity index (χ4v) is 4.76. The number of carbonyl (C=O) groups is 2. The second kappa shape index (κ2) is 13.7. The number of esters is 1. The number of nitrogens with zero attached hydrogens (tertiary/aromatic N) is 3. The molecule has 0 radical (unpaired) electrons. The number of para-hydroxylation sites is 1. The van der Waals surface area contributed by atoms with Crippen molar-refractivity contribution < 1.29 is 50.9 Å². The number of anilines is 2. The van der Waals surface area contributed by atoms with Gasteiger partial charge in [-0.1, -0.05) is 12.1 Å². The van der Waals surface area contributed by atoms with Gasteiger partial charge in [-0.3, -0.25) is 14.2 Å². The number of fused-ring (bicyclic) bond motifs is 1. The fourth-order valence-electron chi connectivity index (χ4n) is 4.76.